The summed E-state index contributed by atoms with van der Waals surface area (Å²) in [6.07, 6.45) is 4.40. The number of ether oxygens (including phenoxy) is 2. The lowest BCUT2D eigenvalue weighted by molar-refractivity contribution is 0.187. The minimum atomic E-state index is 0.00151. The van der Waals surface area contributed by atoms with Crippen LogP contribution in [-0.2, 0) is 11.8 Å². The number of nitrogens with one attached hydrogen (secondary N) is 1. The molecular formula is C18H21N7O2. The Morgan fingerprint density at radius 2 is 2.30 bits per heavy atom. The first-order chi connectivity index (χ1) is 13.0. The van der Waals surface area contributed by atoms with E-state index in [1.54, 1.807) is 10.9 Å². The molecule has 1 saturated heterocycles. The largest absolute Gasteiger partial charge is 0.472 e. The first kappa shape index (κ1) is 17.3. The van der Waals surface area contributed by atoms with Crippen molar-refractivity contribution in [2.24, 2.45) is 7.05 Å². The summed E-state index contributed by atoms with van der Waals surface area (Å²) in [5, 5.41) is 17.8. The van der Waals surface area contributed by atoms with Gasteiger partial charge in [-0.05, 0) is 26.3 Å². The van der Waals surface area contributed by atoms with Crippen molar-refractivity contribution >= 4 is 22.7 Å². The highest BCUT2D eigenvalue weighted by Gasteiger charge is 2.23. The number of aryl methyl sites for hydroxylation is 1. The number of hydrogen-bond donors (Lipinski definition) is 1. The van der Waals surface area contributed by atoms with Gasteiger partial charge in [-0.1, -0.05) is 0 Å². The predicted molar refractivity (Wildman–Crippen MR) is 99.0 cm³/mol. The van der Waals surface area contributed by atoms with Crippen molar-refractivity contribution in [1.82, 2.24) is 24.3 Å². The van der Waals surface area contributed by atoms with E-state index in [1.807, 2.05) is 37.7 Å². The van der Waals surface area contributed by atoms with Crippen LogP contribution in [0, 0.1) is 11.3 Å². The minimum Gasteiger partial charge on any atom is -0.472 e. The fraction of sp³-hybridized carbons (Fsp3) is 0.444. The average molecular weight is 367 g/mol. The third-order valence-electron chi connectivity index (χ3n) is 4.35. The van der Waals surface area contributed by atoms with Gasteiger partial charge >= 0.3 is 0 Å². The molecule has 1 N–H and O–H groups in total. The third kappa shape index (κ3) is 3.31. The number of aromatic nitrogens is 5. The molecule has 0 saturated carbocycles. The number of rotatable bonds is 5. The zero-order valence-electron chi connectivity index (χ0n) is 15.5. The summed E-state index contributed by atoms with van der Waals surface area (Å²) >= 11 is 0. The molecule has 4 heterocycles. The quantitative estimate of drug-likeness (QED) is 0.739. The molecule has 0 amide bonds. The van der Waals surface area contributed by atoms with Gasteiger partial charge in [0, 0.05) is 25.2 Å². The van der Waals surface area contributed by atoms with Gasteiger partial charge in [-0.3, -0.25) is 4.68 Å². The summed E-state index contributed by atoms with van der Waals surface area (Å²) in [6, 6.07) is 4.17. The molecule has 27 heavy (non-hydrogen) atoms. The van der Waals surface area contributed by atoms with Gasteiger partial charge in [0.2, 0.25) is 5.95 Å². The van der Waals surface area contributed by atoms with Crippen LogP contribution in [-0.4, -0.2) is 43.6 Å². The van der Waals surface area contributed by atoms with Crippen molar-refractivity contribution in [1.29, 1.82) is 5.26 Å². The van der Waals surface area contributed by atoms with Crippen LogP contribution < -0.4 is 10.1 Å². The van der Waals surface area contributed by atoms with Crippen LogP contribution in [0.3, 0.4) is 0 Å². The number of nitriles is 1. The van der Waals surface area contributed by atoms with E-state index in [0.717, 1.165) is 17.5 Å². The average Bonchev–Trinajstić information content (AvgIpc) is 3.33. The summed E-state index contributed by atoms with van der Waals surface area (Å²) in [6.45, 7) is 5.17. The highest BCUT2D eigenvalue weighted by molar-refractivity contribution is 5.79. The zero-order valence-corrected chi connectivity index (χ0v) is 15.5. The molecule has 0 unspecified atom stereocenters. The van der Waals surface area contributed by atoms with Crippen LogP contribution in [0.4, 0.5) is 11.6 Å². The Kier molecular flexibility index (Phi) is 4.41. The standard InChI is InChI=1S/C18H21N7O2/c1-11(2)27-17-15(9-24(3)23-17)21-18-20-8-12-6-14(7-19)25(16(12)22-18)13-4-5-26-10-13/h6,8-9,11,13H,4-5,10H2,1-3H3,(H,20,21,22)/t13-/m1/s1. The molecule has 3 aromatic heterocycles. The van der Waals surface area contributed by atoms with Gasteiger partial charge in [-0.25, -0.2) is 4.98 Å². The highest BCUT2D eigenvalue weighted by atomic mass is 16.5. The van der Waals surface area contributed by atoms with Crippen molar-refractivity contribution < 1.29 is 9.47 Å². The lowest BCUT2D eigenvalue weighted by Gasteiger charge is -2.13. The van der Waals surface area contributed by atoms with Crippen molar-refractivity contribution in [2.45, 2.75) is 32.4 Å². The highest BCUT2D eigenvalue weighted by Crippen LogP contribution is 2.29. The van der Waals surface area contributed by atoms with E-state index in [0.29, 0.717) is 36.4 Å². The third-order valence-corrected chi connectivity index (χ3v) is 4.35. The van der Waals surface area contributed by atoms with E-state index in [9.17, 15) is 5.26 Å². The Labute approximate surface area is 156 Å². The van der Waals surface area contributed by atoms with Crippen molar-refractivity contribution in [2.75, 3.05) is 18.5 Å². The monoisotopic (exact) mass is 367 g/mol. The number of anilines is 2. The zero-order chi connectivity index (χ0) is 19.0. The molecule has 3 aromatic rings. The Hall–Kier alpha value is -3.12. The maximum absolute atomic E-state index is 9.50. The number of fused-ring (bicyclic) bond motifs is 1. The number of hydrogen-bond acceptors (Lipinski definition) is 7. The summed E-state index contributed by atoms with van der Waals surface area (Å²) in [5.74, 6) is 0.917. The molecule has 140 valence electrons. The summed E-state index contributed by atoms with van der Waals surface area (Å²) in [4.78, 5) is 9.03. The molecule has 0 bridgehead atoms. The normalized spacial score (nSPS) is 16.8. The van der Waals surface area contributed by atoms with Crippen LogP contribution >= 0.6 is 0 Å². The molecule has 4 rings (SSSR count). The molecule has 9 heteroatoms. The van der Waals surface area contributed by atoms with Gasteiger partial charge in [0.05, 0.1) is 24.9 Å². The van der Waals surface area contributed by atoms with Crippen molar-refractivity contribution in [3.05, 3.63) is 24.2 Å². The summed E-state index contributed by atoms with van der Waals surface area (Å²) < 4.78 is 14.9. The second-order valence-corrected chi connectivity index (χ2v) is 6.81. The van der Waals surface area contributed by atoms with E-state index in [-0.39, 0.29) is 12.1 Å². The minimum absolute atomic E-state index is 0.00151. The maximum Gasteiger partial charge on any atom is 0.257 e. The second kappa shape index (κ2) is 6.89. The maximum atomic E-state index is 9.50. The Balaban J connectivity index is 1.72. The van der Waals surface area contributed by atoms with E-state index in [2.05, 4.69) is 26.5 Å². The Bertz CT molecular complexity index is 1010. The fourth-order valence-corrected chi connectivity index (χ4v) is 3.23. The molecule has 0 spiro atoms. The molecule has 1 aliphatic rings. The molecule has 0 radical (unpaired) electrons. The van der Waals surface area contributed by atoms with E-state index in [4.69, 9.17) is 9.47 Å². The molecule has 1 fully saturated rings. The van der Waals surface area contributed by atoms with Gasteiger partial charge in [0.25, 0.3) is 5.88 Å². The van der Waals surface area contributed by atoms with Crippen LogP contribution in [0.5, 0.6) is 5.88 Å². The fourth-order valence-electron chi connectivity index (χ4n) is 3.23. The molecular weight excluding hydrogens is 346 g/mol. The van der Waals surface area contributed by atoms with Crippen LogP contribution in [0.15, 0.2) is 18.5 Å². The topological polar surface area (TPSA) is 103 Å². The van der Waals surface area contributed by atoms with Gasteiger partial charge in [0.1, 0.15) is 23.1 Å². The first-order valence-electron chi connectivity index (χ1n) is 8.88. The SMILES string of the molecule is CC(C)Oc1nn(C)cc1Nc1ncc2cc(C#N)n([C@@H]3CCOC3)c2n1. The molecule has 1 aliphatic heterocycles. The van der Waals surface area contributed by atoms with E-state index < -0.39 is 0 Å². The van der Waals surface area contributed by atoms with Crippen LogP contribution in [0.25, 0.3) is 11.0 Å². The number of nitrogens with zero attached hydrogens (tertiary/aromatic N) is 6. The molecule has 0 aromatic carbocycles. The lowest BCUT2D eigenvalue weighted by Crippen LogP contribution is -2.11. The van der Waals surface area contributed by atoms with Gasteiger partial charge in [-0.15, -0.1) is 5.10 Å². The summed E-state index contributed by atoms with van der Waals surface area (Å²) in [7, 11) is 1.83. The smallest absolute Gasteiger partial charge is 0.257 e. The van der Waals surface area contributed by atoms with Crippen molar-refractivity contribution in [3.63, 3.8) is 0 Å². The lowest BCUT2D eigenvalue weighted by atomic mass is 10.2. The Morgan fingerprint density at radius 1 is 1.44 bits per heavy atom. The van der Waals surface area contributed by atoms with E-state index in [1.165, 1.54) is 0 Å². The second-order valence-electron chi connectivity index (χ2n) is 6.81. The van der Waals surface area contributed by atoms with Gasteiger partial charge in [0.15, 0.2) is 0 Å². The van der Waals surface area contributed by atoms with E-state index >= 15 is 0 Å². The summed E-state index contributed by atoms with van der Waals surface area (Å²) in [5.41, 5.74) is 1.97. The predicted octanol–water partition coefficient (Wildman–Crippen LogP) is 2.53. The first-order valence-corrected chi connectivity index (χ1v) is 8.88. The molecule has 9 nitrogen and oxygen atoms in total. The Morgan fingerprint density at radius 3 is 3.00 bits per heavy atom. The van der Waals surface area contributed by atoms with Gasteiger partial charge < -0.3 is 19.4 Å². The van der Waals surface area contributed by atoms with Gasteiger partial charge in [-0.2, -0.15) is 10.2 Å². The molecule has 0 aliphatic carbocycles. The molecule has 1 atom stereocenters. The van der Waals surface area contributed by atoms with Crippen LogP contribution in [0.1, 0.15) is 32.0 Å². The van der Waals surface area contributed by atoms with Crippen molar-refractivity contribution in [3.8, 4) is 11.9 Å². The van der Waals surface area contributed by atoms with Crippen LogP contribution in [0.2, 0.25) is 0 Å².